The van der Waals surface area contributed by atoms with Gasteiger partial charge in [-0.05, 0) is 43.7 Å². The van der Waals surface area contributed by atoms with Gasteiger partial charge in [-0.2, -0.15) is 5.48 Å². The van der Waals surface area contributed by atoms with Crippen molar-refractivity contribution in [2.24, 2.45) is 22.7 Å². The molecule has 0 unspecified atom stereocenters. The van der Waals surface area contributed by atoms with Crippen LogP contribution in [0.2, 0.25) is 0 Å². The van der Waals surface area contributed by atoms with Crippen molar-refractivity contribution in [3.8, 4) is 0 Å². The lowest BCUT2D eigenvalue weighted by atomic mass is 9.44. The summed E-state index contributed by atoms with van der Waals surface area (Å²) in [5.74, 6) is -3.85. The van der Waals surface area contributed by atoms with Crippen molar-refractivity contribution in [2.75, 3.05) is 0 Å². The highest BCUT2D eigenvalue weighted by atomic mass is 16.7. The molecule has 1 aromatic rings. The van der Waals surface area contributed by atoms with E-state index in [1.807, 2.05) is 6.92 Å². The number of rotatable bonds is 4. The van der Waals surface area contributed by atoms with Gasteiger partial charge in [0.05, 0.1) is 16.9 Å². The van der Waals surface area contributed by atoms with Crippen LogP contribution < -0.4 is 5.48 Å². The van der Waals surface area contributed by atoms with E-state index >= 15 is 0 Å². The van der Waals surface area contributed by atoms with Crippen LogP contribution in [0.1, 0.15) is 64.4 Å². The third-order valence-electron chi connectivity index (χ3n) is 11.0. The van der Waals surface area contributed by atoms with E-state index in [-0.39, 0.29) is 24.5 Å². The Balaban J connectivity index is 1.66. The number of hydrogen-bond donors (Lipinski definition) is 7. The molecule has 0 aromatic carbocycles. The van der Waals surface area contributed by atoms with Gasteiger partial charge in [0.1, 0.15) is 23.0 Å². The predicted molar refractivity (Wildman–Crippen MR) is 121 cm³/mol. The zero-order chi connectivity index (χ0) is 26.3. The fourth-order valence-electron chi connectivity index (χ4n) is 8.93. The van der Waals surface area contributed by atoms with Crippen molar-refractivity contribution in [3.05, 3.63) is 24.0 Å². The molecule has 11 nitrogen and oxygen atoms in total. The normalized spacial score (nSPS) is 56.8. The second-order valence-electron chi connectivity index (χ2n) is 12.4. The van der Waals surface area contributed by atoms with Gasteiger partial charge in [0.2, 0.25) is 0 Å². The minimum absolute atomic E-state index is 0.117. The molecule has 5 bridgehead atoms. The molecule has 1 saturated carbocycles. The zero-order valence-corrected chi connectivity index (χ0v) is 21.1. The number of carbonyl (C=O) groups is 1. The summed E-state index contributed by atoms with van der Waals surface area (Å²) in [6, 6.07) is 3.13. The average molecular weight is 509 g/mol. The molecule has 5 aliphatic rings. The van der Waals surface area contributed by atoms with E-state index in [0.29, 0.717) is 6.42 Å². The molecule has 0 radical (unpaired) electrons. The number of hydroxylamine groups is 1. The largest absolute Gasteiger partial charge is 0.450 e. The Labute approximate surface area is 208 Å². The lowest BCUT2D eigenvalue weighted by molar-refractivity contribution is -0.470. The molecule has 4 saturated heterocycles. The summed E-state index contributed by atoms with van der Waals surface area (Å²) < 4.78 is 18.9. The van der Waals surface area contributed by atoms with Crippen LogP contribution in [0, 0.1) is 22.7 Å². The second-order valence-corrected chi connectivity index (χ2v) is 12.4. The van der Waals surface area contributed by atoms with Crippen LogP contribution in [0.4, 0.5) is 0 Å². The Morgan fingerprint density at radius 3 is 2.56 bits per heavy atom. The molecule has 1 aliphatic carbocycles. The molecular weight excluding hydrogens is 472 g/mol. The van der Waals surface area contributed by atoms with Crippen molar-refractivity contribution < 1.29 is 44.6 Å². The van der Waals surface area contributed by atoms with E-state index in [1.165, 1.54) is 6.07 Å². The maximum Gasteiger partial charge on any atom is 0.355 e. The number of fused-ring (bicyclic) bond motifs is 4. The summed E-state index contributed by atoms with van der Waals surface area (Å²) in [5.41, 5.74) is -8.64. The van der Waals surface area contributed by atoms with Crippen LogP contribution in [-0.4, -0.2) is 83.2 Å². The summed E-state index contributed by atoms with van der Waals surface area (Å²) in [6.45, 7) is 8.47. The fraction of sp³-hybridized carbons (Fsp3) is 0.800. The van der Waals surface area contributed by atoms with Crippen molar-refractivity contribution in [1.82, 2.24) is 10.5 Å². The van der Waals surface area contributed by atoms with E-state index in [1.54, 1.807) is 40.0 Å². The highest BCUT2D eigenvalue weighted by molar-refractivity contribution is 5.87. The van der Waals surface area contributed by atoms with Crippen molar-refractivity contribution in [1.29, 1.82) is 0 Å². The highest BCUT2D eigenvalue weighted by Gasteiger charge is 2.99. The third-order valence-corrected chi connectivity index (χ3v) is 11.0. The molecule has 5 heterocycles. The lowest BCUT2D eigenvalue weighted by Crippen LogP contribution is -2.93. The Bertz CT molecular complexity index is 1120. The Hall–Kier alpha value is -1.57. The first kappa shape index (κ1) is 24.7. The molecule has 11 heteroatoms. The summed E-state index contributed by atoms with van der Waals surface area (Å²) in [7, 11) is 0. The van der Waals surface area contributed by atoms with Crippen molar-refractivity contribution in [3.63, 3.8) is 0 Å². The van der Waals surface area contributed by atoms with Crippen LogP contribution in [0.5, 0.6) is 0 Å². The number of nitrogens with one attached hydrogen (secondary N) is 2. The number of aliphatic hydroxyl groups excluding tert-OH is 1. The minimum Gasteiger partial charge on any atom is -0.450 e. The summed E-state index contributed by atoms with van der Waals surface area (Å²) in [6.07, 6.45) is -2.18. The smallest absolute Gasteiger partial charge is 0.355 e. The topological polar surface area (TPSA) is 174 Å². The van der Waals surface area contributed by atoms with Gasteiger partial charge in [0.15, 0.2) is 23.2 Å². The third kappa shape index (κ3) is 2.07. The highest BCUT2D eigenvalue weighted by Crippen LogP contribution is 2.82. The molecule has 7 N–H and O–H groups in total. The molecular formula is C25H36N2O9. The van der Waals surface area contributed by atoms with Gasteiger partial charge in [0, 0.05) is 12.6 Å². The Kier molecular flexibility index (Phi) is 4.61. The monoisotopic (exact) mass is 508 g/mol. The van der Waals surface area contributed by atoms with Crippen LogP contribution in [0.15, 0.2) is 18.3 Å². The summed E-state index contributed by atoms with van der Waals surface area (Å²) >= 11 is 0. The molecule has 6 rings (SSSR count). The van der Waals surface area contributed by atoms with Gasteiger partial charge in [-0.25, -0.2) is 4.79 Å². The maximum atomic E-state index is 13.2. The number of ether oxygens (including phenoxy) is 3. The maximum absolute atomic E-state index is 13.2. The Morgan fingerprint density at radius 2 is 1.97 bits per heavy atom. The van der Waals surface area contributed by atoms with Crippen LogP contribution >= 0.6 is 0 Å². The van der Waals surface area contributed by atoms with Crippen LogP contribution in [0.25, 0.3) is 0 Å². The van der Waals surface area contributed by atoms with Crippen LogP contribution in [0.3, 0.4) is 0 Å². The first-order chi connectivity index (χ1) is 16.7. The van der Waals surface area contributed by atoms with Gasteiger partial charge < -0.3 is 44.8 Å². The number of esters is 1. The van der Waals surface area contributed by atoms with Crippen LogP contribution in [-0.2, 0) is 14.2 Å². The van der Waals surface area contributed by atoms with Crippen molar-refractivity contribution in [2.45, 2.75) is 101 Å². The molecule has 200 valence electrons. The fourth-order valence-corrected chi connectivity index (χ4v) is 8.93. The van der Waals surface area contributed by atoms with Gasteiger partial charge >= 0.3 is 5.97 Å². The molecule has 11 atom stereocenters. The SMILES string of the molecule is CC(C)[C@@]1(O)[C@@H](OC(=O)c2ccc[nH]2)[C@]2(NO)O[C@H]3[C@]45O[C@@](O)(C[C@@]2(C)[C@@]4(O)CC[C@H](C)[C@H]5O)[C@]31C. The zero-order valence-electron chi connectivity index (χ0n) is 21.1. The average Bonchev–Trinajstić information content (AvgIpc) is 3.39. The van der Waals surface area contributed by atoms with Gasteiger partial charge in [-0.3, -0.25) is 0 Å². The van der Waals surface area contributed by atoms with E-state index in [2.05, 4.69) is 10.5 Å². The Morgan fingerprint density at radius 1 is 1.28 bits per heavy atom. The number of aromatic nitrogens is 1. The van der Waals surface area contributed by atoms with Gasteiger partial charge in [-0.1, -0.05) is 27.7 Å². The predicted octanol–water partition coefficient (Wildman–Crippen LogP) is 0.411. The second kappa shape index (κ2) is 6.70. The lowest BCUT2D eigenvalue weighted by Gasteiger charge is -2.74. The summed E-state index contributed by atoms with van der Waals surface area (Å²) in [4.78, 5) is 16.0. The quantitative estimate of drug-likeness (QED) is 0.223. The minimum atomic E-state index is -2.10. The van der Waals surface area contributed by atoms with E-state index in [0.717, 1.165) is 0 Å². The standard InChI is InChI=1S/C25H36N2O9/c1-12(2)23(32)18(34-16(29)14-7-6-10-26-14)25(27-33)19(4)11-22(31)20(23,5)17(35-25)24(36-22)15(28)13(3)8-9-21(19,24)30/h6-7,10,12-13,15,17-18,26-28,30-33H,8-9,11H2,1-5H3/t13-,15+,17+,18+,19-,20-,21-,22-,23+,24-,25-/m0/s1. The number of aromatic amines is 1. The summed E-state index contributed by atoms with van der Waals surface area (Å²) in [5, 5.41) is 59.9. The number of hydrogen-bond acceptors (Lipinski definition) is 10. The number of aliphatic hydroxyl groups is 4. The molecule has 0 amide bonds. The molecule has 36 heavy (non-hydrogen) atoms. The number of carbonyl (C=O) groups excluding carboxylic acids is 1. The molecule has 4 aliphatic heterocycles. The first-order valence-electron chi connectivity index (χ1n) is 12.7. The van der Waals surface area contributed by atoms with Crippen molar-refractivity contribution >= 4 is 5.97 Å². The molecule has 1 aromatic heterocycles. The van der Waals surface area contributed by atoms with E-state index in [4.69, 9.17) is 14.2 Å². The van der Waals surface area contributed by atoms with Gasteiger partial charge in [0.25, 0.3) is 0 Å². The number of H-pyrrole nitrogens is 1. The van der Waals surface area contributed by atoms with Gasteiger partial charge in [-0.15, -0.1) is 0 Å². The first-order valence-corrected chi connectivity index (χ1v) is 12.7. The van der Waals surface area contributed by atoms with E-state index < -0.39 is 69.3 Å². The molecule has 5 fully saturated rings. The molecule has 1 spiro atoms. The van der Waals surface area contributed by atoms with E-state index in [9.17, 15) is 30.4 Å².